The molecule has 0 atom stereocenters. The minimum atomic E-state index is -0.428. The van der Waals surface area contributed by atoms with Gasteiger partial charge >= 0.3 is 0 Å². The molecule has 25 heavy (non-hydrogen) atoms. The Kier molecular flexibility index (Phi) is 3.61. The Bertz CT molecular complexity index is 1090. The fourth-order valence-corrected chi connectivity index (χ4v) is 2.87. The highest BCUT2D eigenvalue weighted by atomic mass is 19.1. The minimum Gasteiger partial charge on any atom is -0.345 e. The summed E-state index contributed by atoms with van der Waals surface area (Å²) in [5.41, 5.74) is 3.96. The first-order valence-corrected chi connectivity index (χ1v) is 7.82. The number of benzene rings is 1. The van der Waals surface area contributed by atoms with Crippen LogP contribution in [0.4, 0.5) is 4.39 Å². The second-order valence-electron chi connectivity index (χ2n) is 5.85. The molecule has 4 rings (SSSR count). The van der Waals surface area contributed by atoms with E-state index in [1.807, 2.05) is 18.2 Å². The monoisotopic (exact) mass is 331 g/mol. The Morgan fingerprint density at radius 3 is 2.76 bits per heavy atom. The van der Waals surface area contributed by atoms with Crippen molar-refractivity contribution in [2.45, 2.75) is 6.92 Å². The van der Waals surface area contributed by atoms with Gasteiger partial charge in [-0.2, -0.15) is 0 Å². The second-order valence-corrected chi connectivity index (χ2v) is 5.85. The quantitative estimate of drug-likeness (QED) is 0.569. The summed E-state index contributed by atoms with van der Waals surface area (Å²) in [4.78, 5) is 24.4. The molecule has 0 aliphatic carbocycles. The molecule has 122 valence electrons. The number of aryl methyl sites for hydroxylation is 1. The van der Waals surface area contributed by atoms with Gasteiger partial charge < -0.3 is 4.98 Å². The van der Waals surface area contributed by atoms with E-state index >= 15 is 0 Å². The average molecular weight is 331 g/mol. The number of H-pyrrole nitrogens is 1. The fraction of sp³-hybridized carbons (Fsp3) is 0.0500. The summed E-state index contributed by atoms with van der Waals surface area (Å²) in [6.07, 6.45) is 6.80. The number of nitrogens with one attached hydrogen (secondary N) is 1. The van der Waals surface area contributed by atoms with Crippen LogP contribution in [0.25, 0.3) is 22.2 Å². The molecule has 1 N–H and O–H groups in total. The zero-order chi connectivity index (χ0) is 17.4. The van der Waals surface area contributed by atoms with Crippen LogP contribution >= 0.6 is 0 Å². The Morgan fingerprint density at radius 2 is 1.96 bits per heavy atom. The maximum absolute atomic E-state index is 13.6. The maximum Gasteiger partial charge on any atom is 0.195 e. The lowest BCUT2D eigenvalue weighted by molar-refractivity contribution is 0.103. The van der Waals surface area contributed by atoms with Crippen LogP contribution in [-0.2, 0) is 0 Å². The molecular formula is C20H14FN3O. The minimum absolute atomic E-state index is 0.228. The van der Waals surface area contributed by atoms with E-state index in [2.05, 4.69) is 15.0 Å². The number of fused-ring (bicyclic) bond motifs is 1. The second kappa shape index (κ2) is 5.94. The van der Waals surface area contributed by atoms with Crippen LogP contribution in [0.2, 0.25) is 0 Å². The van der Waals surface area contributed by atoms with Crippen molar-refractivity contribution < 1.29 is 9.18 Å². The van der Waals surface area contributed by atoms with Crippen molar-refractivity contribution in [2.24, 2.45) is 0 Å². The molecule has 0 bridgehead atoms. The van der Waals surface area contributed by atoms with Gasteiger partial charge in [-0.05, 0) is 36.8 Å². The lowest BCUT2D eigenvalue weighted by atomic mass is 9.98. The van der Waals surface area contributed by atoms with Gasteiger partial charge in [0.05, 0.1) is 0 Å². The molecule has 0 aliphatic rings. The summed E-state index contributed by atoms with van der Waals surface area (Å²) >= 11 is 0. The van der Waals surface area contributed by atoms with E-state index in [1.165, 1.54) is 12.1 Å². The van der Waals surface area contributed by atoms with E-state index < -0.39 is 5.82 Å². The lowest BCUT2D eigenvalue weighted by Gasteiger charge is -2.05. The van der Waals surface area contributed by atoms with E-state index in [4.69, 9.17) is 0 Å². The first-order valence-electron chi connectivity index (χ1n) is 7.82. The summed E-state index contributed by atoms with van der Waals surface area (Å²) < 4.78 is 13.6. The van der Waals surface area contributed by atoms with Crippen LogP contribution in [-0.4, -0.2) is 20.7 Å². The van der Waals surface area contributed by atoms with Crippen molar-refractivity contribution >= 4 is 16.8 Å². The first-order chi connectivity index (χ1) is 12.1. The molecule has 0 spiro atoms. The third kappa shape index (κ3) is 2.70. The zero-order valence-corrected chi connectivity index (χ0v) is 13.5. The van der Waals surface area contributed by atoms with E-state index in [-0.39, 0.29) is 5.78 Å². The van der Waals surface area contributed by atoms with Crippen LogP contribution in [0.1, 0.15) is 21.5 Å². The molecular weight excluding hydrogens is 317 g/mol. The number of carbonyl (C=O) groups excluding carboxylic acids is 1. The smallest absolute Gasteiger partial charge is 0.195 e. The summed E-state index contributed by atoms with van der Waals surface area (Å²) in [5, 5.41) is 0.704. The molecule has 0 radical (unpaired) electrons. The predicted octanol–water partition coefficient (Wildman–Crippen LogP) is 4.30. The molecule has 4 aromatic rings. The molecule has 0 aliphatic heterocycles. The summed E-state index contributed by atoms with van der Waals surface area (Å²) in [6.45, 7) is 1.79. The first kappa shape index (κ1) is 15.2. The van der Waals surface area contributed by atoms with Crippen molar-refractivity contribution in [1.29, 1.82) is 0 Å². The van der Waals surface area contributed by atoms with Gasteiger partial charge in [0.2, 0.25) is 0 Å². The van der Waals surface area contributed by atoms with Gasteiger partial charge in [-0.15, -0.1) is 0 Å². The SMILES string of the molecule is Cc1ccc(F)cc1C(=O)c1c[nH]c2ncc(-c3cccnc3)cc12. The number of ketones is 1. The predicted molar refractivity (Wildman–Crippen MR) is 93.9 cm³/mol. The van der Waals surface area contributed by atoms with E-state index in [0.717, 1.165) is 16.7 Å². The van der Waals surface area contributed by atoms with Gasteiger partial charge in [0.1, 0.15) is 11.5 Å². The van der Waals surface area contributed by atoms with Crippen molar-refractivity contribution in [2.75, 3.05) is 0 Å². The molecule has 0 unspecified atom stereocenters. The largest absolute Gasteiger partial charge is 0.345 e. The van der Waals surface area contributed by atoms with Gasteiger partial charge in [0, 0.05) is 52.4 Å². The van der Waals surface area contributed by atoms with Gasteiger partial charge in [-0.1, -0.05) is 12.1 Å². The maximum atomic E-state index is 13.6. The average Bonchev–Trinajstić information content (AvgIpc) is 3.07. The number of carbonyl (C=O) groups is 1. The van der Waals surface area contributed by atoms with Gasteiger partial charge in [-0.25, -0.2) is 9.37 Å². The molecule has 1 aromatic carbocycles. The number of aromatic nitrogens is 3. The van der Waals surface area contributed by atoms with Crippen LogP contribution in [0, 0.1) is 12.7 Å². The summed E-state index contributed by atoms with van der Waals surface area (Å²) in [7, 11) is 0. The highest BCUT2D eigenvalue weighted by Crippen LogP contribution is 2.26. The highest BCUT2D eigenvalue weighted by molar-refractivity contribution is 6.16. The molecule has 0 saturated heterocycles. The van der Waals surface area contributed by atoms with Crippen LogP contribution in [0.3, 0.4) is 0 Å². The van der Waals surface area contributed by atoms with Gasteiger partial charge in [0.25, 0.3) is 0 Å². The van der Waals surface area contributed by atoms with Crippen molar-refractivity contribution in [3.05, 3.63) is 83.7 Å². The number of hydrogen-bond acceptors (Lipinski definition) is 3. The Labute approximate surface area is 143 Å². The number of pyridine rings is 2. The van der Waals surface area contributed by atoms with E-state index in [1.54, 1.807) is 37.8 Å². The Balaban J connectivity index is 1.85. The number of aromatic amines is 1. The molecule has 0 amide bonds. The van der Waals surface area contributed by atoms with Crippen LogP contribution in [0.15, 0.2) is 61.2 Å². The molecule has 3 heterocycles. The number of hydrogen-bond donors (Lipinski definition) is 1. The third-order valence-corrected chi connectivity index (χ3v) is 4.21. The van der Waals surface area contributed by atoms with Crippen LogP contribution in [0.5, 0.6) is 0 Å². The van der Waals surface area contributed by atoms with E-state index in [0.29, 0.717) is 22.2 Å². The van der Waals surface area contributed by atoms with Gasteiger partial charge in [-0.3, -0.25) is 9.78 Å². The normalized spacial score (nSPS) is 11.0. The molecule has 3 aromatic heterocycles. The molecule has 4 nitrogen and oxygen atoms in total. The zero-order valence-electron chi connectivity index (χ0n) is 13.5. The molecule has 0 fully saturated rings. The number of nitrogens with zero attached hydrogens (tertiary/aromatic N) is 2. The summed E-state index contributed by atoms with van der Waals surface area (Å²) in [6, 6.07) is 9.91. The van der Waals surface area contributed by atoms with Gasteiger partial charge in [0.15, 0.2) is 5.78 Å². The van der Waals surface area contributed by atoms with Crippen molar-refractivity contribution in [3.63, 3.8) is 0 Å². The van der Waals surface area contributed by atoms with Crippen LogP contribution < -0.4 is 0 Å². The highest BCUT2D eigenvalue weighted by Gasteiger charge is 2.18. The van der Waals surface area contributed by atoms with E-state index in [9.17, 15) is 9.18 Å². The summed E-state index contributed by atoms with van der Waals surface area (Å²) in [5.74, 6) is -0.656. The van der Waals surface area contributed by atoms with Crippen molar-refractivity contribution in [1.82, 2.24) is 15.0 Å². The lowest BCUT2D eigenvalue weighted by Crippen LogP contribution is -2.03. The Morgan fingerprint density at radius 1 is 1.08 bits per heavy atom. The molecule has 5 heteroatoms. The third-order valence-electron chi connectivity index (χ3n) is 4.21. The fourth-order valence-electron chi connectivity index (χ4n) is 2.87. The van der Waals surface area contributed by atoms with Crippen molar-refractivity contribution in [3.8, 4) is 11.1 Å². The number of halogens is 1. The molecule has 0 saturated carbocycles. The standard InChI is InChI=1S/C20H14FN3O/c1-12-4-5-15(21)8-16(12)19(25)18-11-24-20-17(18)7-14(10-23-20)13-3-2-6-22-9-13/h2-11H,1H3,(H,23,24). The topological polar surface area (TPSA) is 58.6 Å². The Hall–Kier alpha value is -3.34. The number of rotatable bonds is 3.